The van der Waals surface area contributed by atoms with Gasteiger partial charge in [-0.05, 0) is 67.2 Å². The molecule has 3 rings (SSSR count). The fourth-order valence-electron chi connectivity index (χ4n) is 2.81. The summed E-state index contributed by atoms with van der Waals surface area (Å²) in [6, 6.07) is 22.1. The molecule has 0 aromatic heterocycles. The van der Waals surface area contributed by atoms with Crippen LogP contribution in [0, 0.1) is 0 Å². The topological polar surface area (TPSA) is 96.5 Å². The van der Waals surface area contributed by atoms with Crippen LogP contribution >= 0.6 is 12.2 Å². The lowest BCUT2D eigenvalue weighted by Crippen LogP contribution is -2.34. The molecule has 3 N–H and O–H groups in total. The van der Waals surface area contributed by atoms with Gasteiger partial charge in [-0.25, -0.2) is 13.1 Å². The van der Waals surface area contributed by atoms with Crippen LogP contribution in [0.2, 0.25) is 0 Å². The normalized spacial score (nSPS) is 10.9. The summed E-state index contributed by atoms with van der Waals surface area (Å²) in [4.78, 5) is 12.5. The fourth-order valence-corrected chi connectivity index (χ4v) is 4.03. The highest BCUT2D eigenvalue weighted by Gasteiger charge is 2.14. The minimum atomic E-state index is -3.66. The van der Waals surface area contributed by atoms with Gasteiger partial charge >= 0.3 is 0 Å². The van der Waals surface area contributed by atoms with E-state index in [4.69, 9.17) is 17.0 Å². The number of nitrogens with one attached hydrogen (secondary N) is 3. The van der Waals surface area contributed by atoms with Crippen molar-refractivity contribution in [1.82, 2.24) is 10.0 Å². The van der Waals surface area contributed by atoms with E-state index < -0.39 is 10.0 Å². The Morgan fingerprint density at radius 2 is 1.69 bits per heavy atom. The van der Waals surface area contributed by atoms with Crippen molar-refractivity contribution in [2.45, 2.75) is 18.4 Å². The van der Waals surface area contributed by atoms with E-state index in [0.29, 0.717) is 23.6 Å². The van der Waals surface area contributed by atoms with Crippen LogP contribution in [0.3, 0.4) is 0 Å². The van der Waals surface area contributed by atoms with E-state index in [1.807, 2.05) is 37.3 Å². The van der Waals surface area contributed by atoms with Crippen LogP contribution in [-0.4, -0.2) is 26.0 Å². The number of anilines is 1. The molecule has 0 fully saturated rings. The molecule has 9 heteroatoms. The number of carbonyl (C=O) groups is 1. The van der Waals surface area contributed by atoms with Crippen LogP contribution in [0.1, 0.15) is 22.8 Å². The molecule has 0 saturated heterocycles. The number of hydrogen-bond acceptors (Lipinski definition) is 5. The summed E-state index contributed by atoms with van der Waals surface area (Å²) in [6.07, 6.45) is 0. The first kappa shape index (κ1) is 23.4. The second-order valence-corrected chi connectivity index (χ2v) is 8.88. The van der Waals surface area contributed by atoms with Gasteiger partial charge in [-0.1, -0.05) is 36.4 Å². The quantitative estimate of drug-likeness (QED) is 0.436. The summed E-state index contributed by atoms with van der Waals surface area (Å²) >= 11 is 5.19. The highest BCUT2D eigenvalue weighted by atomic mass is 32.2. The first-order valence-corrected chi connectivity index (χ1v) is 11.8. The summed E-state index contributed by atoms with van der Waals surface area (Å²) in [7, 11) is -3.66. The lowest BCUT2D eigenvalue weighted by molar-refractivity contribution is 0.0977. The Hall–Kier alpha value is -3.27. The van der Waals surface area contributed by atoms with Crippen LogP contribution in [0.25, 0.3) is 0 Å². The molecule has 166 valence electrons. The average molecular weight is 470 g/mol. The number of hydrogen-bond donors (Lipinski definition) is 3. The van der Waals surface area contributed by atoms with Crippen LogP contribution in [-0.2, 0) is 16.6 Å². The maximum Gasteiger partial charge on any atom is 0.257 e. The molecule has 3 aromatic carbocycles. The van der Waals surface area contributed by atoms with Gasteiger partial charge in [0.1, 0.15) is 5.75 Å². The van der Waals surface area contributed by atoms with Crippen molar-refractivity contribution in [3.8, 4) is 5.75 Å². The second-order valence-electron chi connectivity index (χ2n) is 6.70. The van der Waals surface area contributed by atoms with Gasteiger partial charge < -0.3 is 10.1 Å². The molecule has 0 spiro atoms. The lowest BCUT2D eigenvalue weighted by Gasteiger charge is -2.11. The number of thiocarbonyl (C=S) groups is 1. The van der Waals surface area contributed by atoms with E-state index >= 15 is 0 Å². The summed E-state index contributed by atoms with van der Waals surface area (Å²) in [5, 5.41) is 5.56. The molecule has 0 heterocycles. The molecule has 0 aliphatic heterocycles. The summed E-state index contributed by atoms with van der Waals surface area (Å²) < 4.78 is 32.9. The summed E-state index contributed by atoms with van der Waals surface area (Å²) in [6.45, 7) is 2.56. The van der Waals surface area contributed by atoms with Gasteiger partial charge in [0.2, 0.25) is 10.0 Å². The zero-order chi connectivity index (χ0) is 23.0. The van der Waals surface area contributed by atoms with Gasteiger partial charge in [0.25, 0.3) is 5.91 Å². The molecule has 0 radical (unpaired) electrons. The Morgan fingerprint density at radius 3 is 2.38 bits per heavy atom. The minimum Gasteiger partial charge on any atom is -0.494 e. The predicted octanol–water partition coefficient (Wildman–Crippen LogP) is 3.69. The number of amides is 1. The molecule has 32 heavy (non-hydrogen) atoms. The molecule has 0 aliphatic carbocycles. The molecule has 0 atom stereocenters. The summed E-state index contributed by atoms with van der Waals surface area (Å²) in [5.41, 5.74) is 1.81. The maximum absolute atomic E-state index is 12.5. The van der Waals surface area contributed by atoms with Crippen LogP contribution in [0.15, 0.2) is 83.8 Å². The number of rotatable bonds is 8. The van der Waals surface area contributed by atoms with Crippen LogP contribution in [0.5, 0.6) is 5.75 Å². The molecular formula is C23H23N3O4S2. The van der Waals surface area contributed by atoms with Crippen molar-refractivity contribution in [2.24, 2.45) is 0 Å². The van der Waals surface area contributed by atoms with E-state index in [9.17, 15) is 13.2 Å². The van der Waals surface area contributed by atoms with Gasteiger partial charge in [-0.2, -0.15) is 0 Å². The van der Waals surface area contributed by atoms with E-state index in [1.54, 1.807) is 36.4 Å². The standard InChI is InChI=1S/C23H23N3O4S2/c1-2-30-20-10-6-9-18(15-20)22(27)26-23(31)25-19-11-13-21(14-12-19)32(28,29)24-16-17-7-4-3-5-8-17/h3-15,24H,2,16H2,1H3,(H2,25,26,27,31). The predicted molar refractivity (Wildman–Crippen MR) is 128 cm³/mol. The van der Waals surface area contributed by atoms with Gasteiger partial charge in [0.05, 0.1) is 11.5 Å². The Kier molecular flexibility index (Phi) is 7.93. The SMILES string of the molecule is CCOc1cccc(C(=O)NC(=S)Nc2ccc(S(=O)(=O)NCc3ccccc3)cc2)c1. The molecule has 0 aliphatic rings. The van der Waals surface area contributed by atoms with E-state index in [2.05, 4.69) is 15.4 Å². The third-order valence-electron chi connectivity index (χ3n) is 4.37. The Balaban J connectivity index is 1.57. The molecular weight excluding hydrogens is 446 g/mol. The maximum atomic E-state index is 12.5. The smallest absolute Gasteiger partial charge is 0.257 e. The van der Waals surface area contributed by atoms with Gasteiger partial charge in [-0.3, -0.25) is 10.1 Å². The van der Waals surface area contributed by atoms with Crippen molar-refractivity contribution >= 4 is 38.9 Å². The van der Waals surface area contributed by atoms with Crippen molar-refractivity contribution in [3.63, 3.8) is 0 Å². The largest absolute Gasteiger partial charge is 0.494 e. The highest BCUT2D eigenvalue weighted by Crippen LogP contribution is 2.15. The van der Waals surface area contributed by atoms with Crippen molar-refractivity contribution < 1.29 is 17.9 Å². The van der Waals surface area contributed by atoms with E-state index in [1.165, 1.54) is 12.1 Å². The Bertz CT molecular complexity index is 1180. The average Bonchev–Trinajstić information content (AvgIpc) is 2.79. The van der Waals surface area contributed by atoms with Gasteiger partial charge in [0, 0.05) is 17.8 Å². The molecule has 0 unspecified atom stereocenters. The molecule has 0 saturated carbocycles. The van der Waals surface area contributed by atoms with Crippen LogP contribution < -0.4 is 20.1 Å². The first-order valence-electron chi connectivity index (χ1n) is 9.86. The molecule has 7 nitrogen and oxygen atoms in total. The van der Waals surface area contributed by atoms with Crippen LogP contribution in [0.4, 0.5) is 5.69 Å². The highest BCUT2D eigenvalue weighted by molar-refractivity contribution is 7.89. The number of sulfonamides is 1. The minimum absolute atomic E-state index is 0.0922. The number of ether oxygens (including phenoxy) is 1. The zero-order valence-corrected chi connectivity index (χ0v) is 19.0. The first-order chi connectivity index (χ1) is 15.4. The monoisotopic (exact) mass is 469 g/mol. The third kappa shape index (κ3) is 6.61. The molecule has 0 bridgehead atoms. The van der Waals surface area contributed by atoms with Crippen molar-refractivity contribution in [3.05, 3.63) is 90.0 Å². The Morgan fingerprint density at radius 1 is 0.969 bits per heavy atom. The van der Waals surface area contributed by atoms with E-state index in [-0.39, 0.29) is 22.5 Å². The van der Waals surface area contributed by atoms with Gasteiger partial charge in [0.15, 0.2) is 5.11 Å². The zero-order valence-electron chi connectivity index (χ0n) is 17.4. The molecule has 1 amide bonds. The summed E-state index contributed by atoms with van der Waals surface area (Å²) in [5.74, 6) is 0.213. The Labute approximate surface area is 192 Å². The second kappa shape index (κ2) is 10.9. The number of carbonyl (C=O) groups excluding carboxylic acids is 1. The van der Waals surface area contributed by atoms with Crippen molar-refractivity contribution in [1.29, 1.82) is 0 Å². The number of benzene rings is 3. The lowest BCUT2D eigenvalue weighted by atomic mass is 10.2. The molecule has 3 aromatic rings. The van der Waals surface area contributed by atoms with E-state index in [0.717, 1.165) is 5.56 Å². The van der Waals surface area contributed by atoms with Crippen molar-refractivity contribution in [2.75, 3.05) is 11.9 Å². The van der Waals surface area contributed by atoms with Gasteiger partial charge in [-0.15, -0.1) is 0 Å². The third-order valence-corrected chi connectivity index (χ3v) is 5.99. The fraction of sp³-hybridized carbons (Fsp3) is 0.130.